The van der Waals surface area contributed by atoms with Gasteiger partial charge in [-0.25, -0.2) is 23.4 Å². The Hall–Kier alpha value is -3.19. The average molecular weight is 352 g/mol. The number of fused-ring (bicyclic) bond motifs is 1. The minimum Gasteiger partial charge on any atom is -0.394 e. The molecule has 0 bridgehead atoms. The molecule has 130 valence electrons. The summed E-state index contributed by atoms with van der Waals surface area (Å²) in [6.07, 6.45) is 1.57. The molecular formula is C19H14F2N4O. The maximum Gasteiger partial charge on any atom is 0.177 e. The zero-order chi connectivity index (χ0) is 18.1. The van der Waals surface area contributed by atoms with Gasteiger partial charge in [0.25, 0.3) is 0 Å². The summed E-state index contributed by atoms with van der Waals surface area (Å²) in [5, 5.41) is 13.4. The Morgan fingerprint density at radius 2 is 1.35 bits per heavy atom. The maximum atomic E-state index is 13.3. The van der Waals surface area contributed by atoms with Gasteiger partial charge in [-0.1, -0.05) is 0 Å². The van der Waals surface area contributed by atoms with Gasteiger partial charge in [-0.3, -0.25) is 0 Å². The molecule has 0 aliphatic heterocycles. The van der Waals surface area contributed by atoms with E-state index < -0.39 is 0 Å². The number of aromatic nitrogens is 4. The van der Waals surface area contributed by atoms with Crippen molar-refractivity contribution in [2.75, 3.05) is 6.61 Å². The summed E-state index contributed by atoms with van der Waals surface area (Å²) in [7, 11) is 0. The third-order valence-electron chi connectivity index (χ3n) is 4.01. The van der Waals surface area contributed by atoms with E-state index in [1.807, 2.05) is 0 Å². The number of nitrogens with zero attached hydrogens (tertiary/aromatic N) is 4. The van der Waals surface area contributed by atoms with Crippen molar-refractivity contribution in [1.29, 1.82) is 0 Å². The molecule has 26 heavy (non-hydrogen) atoms. The molecule has 0 amide bonds. The minimum atomic E-state index is -0.351. The Morgan fingerprint density at radius 3 is 1.88 bits per heavy atom. The van der Waals surface area contributed by atoms with E-state index in [9.17, 15) is 13.9 Å². The van der Waals surface area contributed by atoms with Gasteiger partial charge in [-0.2, -0.15) is 5.10 Å². The van der Waals surface area contributed by atoms with Crippen LogP contribution in [0.3, 0.4) is 0 Å². The van der Waals surface area contributed by atoms with Gasteiger partial charge in [0.05, 0.1) is 30.7 Å². The van der Waals surface area contributed by atoms with E-state index in [2.05, 4.69) is 15.1 Å². The van der Waals surface area contributed by atoms with Crippen LogP contribution in [0.4, 0.5) is 8.78 Å². The second-order valence-corrected chi connectivity index (χ2v) is 5.73. The fraction of sp³-hybridized carbons (Fsp3) is 0.105. The van der Waals surface area contributed by atoms with Crippen LogP contribution in [0.1, 0.15) is 0 Å². The summed E-state index contributed by atoms with van der Waals surface area (Å²) in [6.45, 7) is 0.209. The number of halogens is 2. The van der Waals surface area contributed by atoms with Crippen molar-refractivity contribution in [3.63, 3.8) is 0 Å². The van der Waals surface area contributed by atoms with Gasteiger partial charge in [-0.05, 0) is 48.5 Å². The Bertz CT molecular complexity index is 1060. The standard InChI is InChI=1S/C19H14F2N4O/c20-14-5-1-12(2-6-14)17-18(13-3-7-15(21)8-4-13)24-19-16(23-17)11-22-25(19)9-10-26/h1-8,11,26H,9-10H2. The van der Waals surface area contributed by atoms with Crippen LogP contribution in [0, 0.1) is 11.6 Å². The lowest BCUT2D eigenvalue weighted by atomic mass is 10.0. The molecule has 0 spiro atoms. The number of aliphatic hydroxyl groups is 1. The van der Waals surface area contributed by atoms with Crippen LogP contribution in [-0.4, -0.2) is 31.5 Å². The van der Waals surface area contributed by atoms with Gasteiger partial charge in [-0.15, -0.1) is 0 Å². The van der Waals surface area contributed by atoms with E-state index in [1.54, 1.807) is 35.1 Å². The first-order valence-corrected chi connectivity index (χ1v) is 8.02. The van der Waals surface area contributed by atoms with Crippen molar-refractivity contribution in [2.24, 2.45) is 0 Å². The normalized spacial score (nSPS) is 11.2. The van der Waals surface area contributed by atoms with Crippen molar-refractivity contribution < 1.29 is 13.9 Å². The summed E-state index contributed by atoms with van der Waals surface area (Å²) in [4.78, 5) is 9.30. The molecule has 0 aliphatic carbocycles. The highest BCUT2D eigenvalue weighted by atomic mass is 19.1. The first-order valence-electron chi connectivity index (χ1n) is 8.02. The third-order valence-corrected chi connectivity index (χ3v) is 4.01. The molecule has 5 nitrogen and oxygen atoms in total. The van der Waals surface area contributed by atoms with Crippen molar-refractivity contribution in [3.05, 3.63) is 66.4 Å². The zero-order valence-electron chi connectivity index (χ0n) is 13.6. The smallest absolute Gasteiger partial charge is 0.177 e. The molecule has 0 unspecified atom stereocenters. The number of hydrogen-bond acceptors (Lipinski definition) is 4. The number of rotatable bonds is 4. The molecule has 4 aromatic rings. The van der Waals surface area contributed by atoms with Crippen LogP contribution in [-0.2, 0) is 6.54 Å². The van der Waals surface area contributed by atoms with E-state index in [0.29, 0.717) is 33.7 Å². The molecule has 0 atom stereocenters. The molecule has 0 saturated carbocycles. The molecule has 0 fully saturated rings. The highest BCUT2D eigenvalue weighted by molar-refractivity contribution is 5.84. The number of hydrogen-bond donors (Lipinski definition) is 1. The zero-order valence-corrected chi connectivity index (χ0v) is 13.6. The molecule has 2 aromatic carbocycles. The quantitative estimate of drug-likeness (QED) is 0.611. The molecule has 7 heteroatoms. The fourth-order valence-corrected chi connectivity index (χ4v) is 2.77. The molecule has 1 N–H and O–H groups in total. The van der Waals surface area contributed by atoms with E-state index >= 15 is 0 Å². The lowest BCUT2D eigenvalue weighted by Crippen LogP contribution is -2.05. The molecule has 0 aliphatic rings. The monoisotopic (exact) mass is 352 g/mol. The third kappa shape index (κ3) is 2.93. The van der Waals surface area contributed by atoms with Gasteiger partial charge in [0.2, 0.25) is 0 Å². The van der Waals surface area contributed by atoms with Crippen LogP contribution in [0.15, 0.2) is 54.7 Å². The van der Waals surface area contributed by atoms with Gasteiger partial charge in [0, 0.05) is 11.1 Å². The highest BCUT2D eigenvalue weighted by Crippen LogP contribution is 2.31. The second-order valence-electron chi connectivity index (χ2n) is 5.73. The predicted octanol–water partition coefficient (Wildman–Crippen LogP) is 3.43. The maximum absolute atomic E-state index is 13.3. The summed E-state index contributed by atoms with van der Waals surface area (Å²) in [6, 6.07) is 11.9. The average Bonchev–Trinajstić information content (AvgIpc) is 3.04. The molecule has 4 rings (SSSR count). The first kappa shape index (κ1) is 16.3. The van der Waals surface area contributed by atoms with Crippen molar-refractivity contribution >= 4 is 11.2 Å². The van der Waals surface area contributed by atoms with E-state index in [-0.39, 0.29) is 24.8 Å². The summed E-state index contributed by atoms with van der Waals surface area (Å²) in [5.41, 5.74) is 3.52. The Labute approximate surface area is 147 Å². The molecule has 2 aromatic heterocycles. The molecule has 0 saturated heterocycles. The largest absolute Gasteiger partial charge is 0.394 e. The van der Waals surface area contributed by atoms with Gasteiger partial charge >= 0.3 is 0 Å². The summed E-state index contributed by atoms with van der Waals surface area (Å²) >= 11 is 0. The Balaban J connectivity index is 1.97. The molecular weight excluding hydrogens is 338 g/mol. The highest BCUT2D eigenvalue weighted by Gasteiger charge is 2.16. The van der Waals surface area contributed by atoms with Crippen LogP contribution < -0.4 is 0 Å². The topological polar surface area (TPSA) is 63.8 Å². The first-order chi connectivity index (χ1) is 12.7. The Morgan fingerprint density at radius 1 is 0.808 bits per heavy atom. The van der Waals surface area contributed by atoms with Crippen LogP contribution in [0.5, 0.6) is 0 Å². The fourth-order valence-electron chi connectivity index (χ4n) is 2.77. The van der Waals surface area contributed by atoms with Crippen molar-refractivity contribution in [2.45, 2.75) is 6.54 Å². The number of benzene rings is 2. The van der Waals surface area contributed by atoms with Gasteiger partial charge in [0.1, 0.15) is 17.2 Å². The van der Waals surface area contributed by atoms with Crippen molar-refractivity contribution in [3.8, 4) is 22.5 Å². The summed E-state index contributed by atoms with van der Waals surface area (Å²) in [5.74, 6) is -0.696. The molecule has 0 radical (unpaired) electrons. The van der Waals surface area contributed by atoms with Crippen LogP contribution >= 0.6 is 0 Å². The van der Waals surface area contributed by atoms with E-state index in [4.69, 9.17) is 0 Å². The van der Waals surface area contributed by atoms with Crippen molar-refractivity contribution in [1.82, 2.24) is 19.7 Å². The summed E-state index contributed by atoms with van der Waals surface area (Å²) < 4.78 is 28.2. The second kappa shape index (κ2) is 6.61. The van der Waals surface area contributed by atoms with Gasteiger partial charge < -0.3 is 5.11 Å². The van der Waals surface area contributed by atoms with Crippen LogP contribution in [0.2, 0.25) is 0 Å². The predicted molar refractivity (Wildman–Crippen MR) is 93.2 cm³/mol. The number of aliphatic hydroxyl groups excluding tert-OH is 1. The van der Waals surface area contributed by atoms with E-state index in [1.165, 1.54) is 24.3 Å². The van der Waals surface area contributed by atoms with Crippen LogP contribution in [0.25, 0.3) is 33.7 Å². The van der Waals surface area contributed by atoms with Gasteiger partial charge in [0.15, 0.2) is 5.65 Å². The lowest BCUT2D eigenvalue weighted by molar-refractivity contribution is 0.271. The van der Waals surface area contributed by atoms with E-state index in [0.717, 1.165) is 0 Å². The lowest BCUT2D eigenvalue weighted by Gasteiger charge is -2.10. The SMILES string of the molecule is OCCn1ncc2nc(-c3ccc(F)cc3)c(-c3ccc(F)cc3)nc21. The Kier molecular flexibility index (Phi) is 4.14. The minimum absolute atomic E-state index is 0.0793. The molecule has 2 heterocycles.